The highest BCUT2D eigenvalue weighted by atomic mass is 32.2. The van der Waals surface area contributed by atoms with Gasteiger partial charge in [-0.1, -0.05) is 78.9 Å². The number of benzene rings is 2. The minimum Gasteiger partial charge on any atom is -0.316 e. The third kappa shape index (κ3) is 6.43. The molecule has 2 aromatic rings. The van der Waals surface area contributed by atoms with E-state index in [9.17, 15) is 0 Å². The van der Waals surface area contributed by atoms with Crippen LogP contribution < -0.4 is 15.9 Å². The van der Waals surface area contributed by atoms with Gasteiger partial charge in [0.15, 0.2) is 0 Å². The van der Waals surface area contributed by atoms with E-state index < -0.39 is 0 Å². The fraction of sp³-hybridized carbons (Fsp3) is 0.304. The van der Waals surface area contributed by atoms with Gasteiger partial charge in [-0.15, -0.1) is 0 Å². The zero-order valence-corrected chi connectivity index (χ0v) is 17.0. The molecule has 0 aliphatic heterocycles. The molecule has 1 aliphatic carbocycles. The van der Waals surface area contributed by atoms with Crippen LogP contribution in [0.3, 0.4) is 0 Å². The lowest BCUT2D eigenvalue weighted by Crippen LogP contribution is -2.24. The summed E-state index contributed by atoms with van der Waals surface area (Å²) in [5, 5.41) is 6.60. The van der Waals surface area contributed by atoms with Gasteiger partial charge in [0.25, 0.3) is 0 Å². The van der Waals surface area contributed by atoms with Gasteiger partial charge in [-0.25, -0.2) is 0 Å². The maximum Gasteiger partial charge on any atom is 0.0181 e. The molecule has 2 aromatic carbocycles. The maximum atomic E-state index is 3.65. The van der Waals surface area contributed by atoms with Crippen LogP contribution in [0.2, 0.25) is 0 Å². The first-order valence-corrected chi connectivity index (χ1v) is 12.1. The number of nitrogens with one attached hydrogen (secondary N) is 1. The van der Waals surface area contributed by atoms with E-state index in [-0.39, 0.29) is 7.92 Å². The Balaban J connectivity index is 1.41. The Labute approximate surface area is 163 Å². The SMILES string of the molecule is C1=CC(CSCCNCCP(c2ccccc2)c2ccccc2)=CCC1. The van der Waals surface area contributed by atoms with Gasteiger partial charge in [-0.2, -0.15) is 11.8 Å². The van der Waals surface area contributed by atoms with Crippen molar-refractivity contribution >= 4 is 30.3 Å². The number of hydrogen-bond acceptors (Lipinski definition) is 2. The fourth-order valence-corrected chi connectivity index (χ4v) is 6.19. The van der Waals surface area contributed by atoms with Crippen molar-refractivity contribution in [3.05, 3.63) is 84.5 Å². The summed E-state index contributed by atoms with van der Waals surface area (Å²) in [5.74, 6) is 2.33. The van der Waals surface area contributed by atoms with Gasteiger partial charge in [0.1, 0.15) is 0 Å². The van der Waals surface area contributed by atoms with Crippen molar-refractivity contribution in [1.82, 2.24) is 5.32 Å². The second kappa shape index (κ2) is 11.4. The molecule has 3 rings (SSSR count). The minimum absolute atomic E-state index is 0.273. The molecule has 0 spiro atoms. The summed E-state index contributed by atoms with van der Waals surface area (Å²) in [6.45, 7) is 2.17. The van der Waals surface area contributed by atoms with Crippen molar-refractivity contribution in [3.8, 4) is 0 Å². The van der Waals surface area contributed by atoms with Crippen molar-refractivity contribution in [2.45, 2.75) is 12.8 Å². The lowest BCUT2D eigenvalue weighted by Gasteiger charge is -2.19. The molecule has 3 heteroatoms. The zero-order chi connectivity index (χ0) is 17.9. The topological polar surface area (TPSA) is 12.0 Å². The van der Waals surface area contributed by atoms with Gasteiger partial charge in [-0.05, 0) is 49.7 Å². The Kier molecular flexibility index (Phi) is 8.51. The third-order valence-electron chi connectivity index (χ3n) is 4.41. The first-order chi connectivity index (χ1) is 12.9. The number of rotatable bonds is 10. The van der Waals surface area contributed by atoms with Gasteiger partial charge >= 0.3 is 0 Å². The van der Waals surface area contributed by atoms with Crippen LogP contribution in [0.5, 0.6) is 0 Å². The van der Waals surface area contributed by atoms with Crippen LogP contribution in [0.15, 0.2) is 84.5 Å². The predicted octanol–water partition coefficient (Wildman–Crippen LogP) is 4.72. The molecule has 0 saturated carbocycles. The van der Waals surface area contributed by atoms with Crippen molar-refractivity contribution in [3.63, 3.8) is 0 Å². The summed E-state index contributed by atoms with van der Waals surface area (Å²) < 4.78 is 0. The normalized spacial score (nSPS) is 13.8. The molecule has 0 unspecified atom stereocenters. The maximum absolute atomic E-state index is 3.65. The molecule has 1 aliphatic rings. The zero-order valence-electron chi connectivity index (χ0n) is 15.3. The van der Waals surface area contributed by atoms with Crippen molar-refractivity contribution < 1.29 is 0 Å². The largest absolute Gasteiger partial charge is 0.316 e. The molecular weight excluding hydrogens is 353 g/mol. The molecule has 0 radical (unpaired) electrons. The van der Waals surface area contributed by atoms with Crippen LogP contribution in [0.1, 0.15) is 12.8 Å². The van der Waals surface area contributed by atoms with E-state index in [0.29, 0.717) is 0 Å². The Bertz CT molecular complexity index is 657. The Morgan fingerprint density at radius 2 is 1.54 bits per heavy atom. The lowest BCUT2D eigenvalue weighted by atomic mass is 10.1. The average Bonchev–Trinajstić information content (AvgIpc) is 2.72. The van der Waals surface area contributed by atoms with E-state index in [2.05, 4.69) is 84.2 Å². The molecule has 0 atom stereocenters. The Hall–Kier alpha value is -1.34. The highest BCUT2D eigenvalue weighted by Crippen LogP contribution is 2.32. The molecule has 136 valence electrons. The van der Waals surface area contributed by atoms with E-state index in [1.165, 1.54) is 40.9 Å². The van der Waals surface area contributed by atoms with Crippen LogP contribution in [-0.4, -0.2) is 30.8 Å². The number of allylic oxidation sites excluding steroid dienone is 3. The smallest absolute Gasteiger partial charge is 0.0181 e. The van der Waals surface area contributed by atoms with Crippen molar-refractivity contribution in [2.24, 2.45) is 0 Å². The molecule has 0 aromatic heterocycles. The van der Waals surface area contributed by atoms with Crippen LogP contribution in [0.25, 0.3) is 0 Å². The van der Waals surface area contributed by atoms with Gasteiger partial charge in [0, 0.05) is 18.1 Å². The van der Waals surface area contributed by atoms with Crippen LogP contribution in [0, 0.1) is 0 Å². The van der Waals surface area contributed by atoms with E-state index >= 15 is 0 Å². The van der Waals surface area contributed by atoms with Crippen LogP contribution in [-0.2, 0) is 0 Å². The van der Waals surface area contributed by atoms with Crippen molar-refractivity contribution in [1.29, 1.82) is 0 Å². The standard InChI is InChI=1S/C23H28NPS/c1-4-10-21(11-5-1)20-26-19-17-24-16-18-25(22-12-6-2-7-13-22)23-14-8-3-9-15-23/h2-4,6-15,24H,1,5,16-20H2. The first-order valence-electron chi connectivity index (χ1n) is 9.45. The summed E-state index contributed by atoms with van der Waals surface area (Å²) >= 11 is 2.03. The van der Waals surface area contributed by atoms with E-state index in [1.807, 2.05) is 11.8 Å². The number of hydrogen-bond donors (Lipinski definition) is 1. The summed E-state index contributed by atoms with van der Waals surface area (Å²) in [6, 6.07) is 22.0. The summed E-state index contributed by atoms with van der Waals surface area (Å²) in [5.41, 5.74) is 1.50. The van der Waals surface area contributed by atoms with Crippen LogP contribution in [0.4, 0.5) is 0 Å². The quantitative estimate of drug-likeness (QED) is 0.472. The van der Waals surface area contributed by atoms with Gasteiger partial charge in [0.2, 0.25) is 0 Å². The van der Waals surface area contributed by atoms with E-state index in [0.717, 1.165) is 18.8 Å². The van der Waals surface area contributed by atoms with Gasteiger partial charge < -0.3 is 5.32 Å². The molecule has 26 heavy (non-hydrogen) atoms. The molecule has 0 bridgehead atoms. The predicted molar refractivity (Wildman–Crippen MR) is 121 cm³/mol. The van der Waals surface area contributed by atoms with E-state index in [1.54, 1.807) is 0 Å². The second-order valence-electron chi connectivity index (χ2n) is 6.38. The molecular formula is C23H28NPS. The molecule has 1 nitrogen and oxygen atoms in total. The monoisotopic (exact) mass is 381 g/mol. The average molecular weight is 382 g/mol. The van der Waals surface area contributed by atoms with Crippen molar-refractivity contribution in [2.75, 3.05) is 30.8 Å². The van der Waals surface area contributed by atoms with Gasteiger partial charge in [0.05, 0.1) is 0 Å². The van der Waals surface area contributed by atoms with E-state index in [4.69, 9.17) is 0 Å². The third-order valence-corrected chi connectivity index (χ3v) is 7.96. The number of thioether (sulfide) groups is 1. The lowest BCUT2D eigenvalue weighted by molar-refractivity contribution is 0.773. The summed E-state index contributed by atoms with van der Waals surface area (Å²) in [6.07, 6.45) is 10.6. The molecule has 0 amide bonds. The Morgan fingerprint density at radius 1 is 0.846 bits per heavy atom. The minimum atomic E-state index is -0.273. The molecule has 1 N–H and O–H groups in total. The molecule has 0 saturated heterocycles. The Morgan fingerprint density at radius 3 is 2.15 bits per heavy atom. The second-order valence-corrected chi connectivity index (χ2v) is 9.83. The summed E-state index contributed by atoms with van der Waals surface area (Å²) in [4.78, 5) is 0. The highest BCUT2D eigenvalue weighted by Gasteiger charge is 2.12. The highest BCUT2D eigenvalue weighted by molar-refractivity contribution is 7.99. The molecule has 0 fully saturated rings. The van der Waals surface area contributed by atoms with Gasteiger partial charge in [-0.3, -0.25) is 0 Å². The first kappa shape index (κ1) is 19.4. The molecule has 0 heterocycles. The fourth-order valence-electron chi connectivity index (χ4n) is 3.05. The van der Waals surface area contributed by atoms with Crippen LogP contribution >= 0.6 is 19.7 Å². The summed E-state index contributed by atoms with van der Waals surface area (Å²) in [7, 11) is -0.273.